The molecule has 0 saturated carbocycles. The number of rotatable bonds is 9. The largest absolute Gasteiger partial charge is 0.497 e. The quantitative estimate of drug-likeness (QED) is 0.158. The van der Waals surface area contributed by atoms with Crippen LogP contribution in [0.1, 0.15) is 52.3 Å². The summed E-state index contributed by atoms with van der Waals surface area (Å²) in [5, 5.41) is 11.9. The van der Waals surface area contributed by atoms with Gasteiger partial charge < -0.3 is 15.0 Å². The van der Waals surface area contributed by atoms with Crippen molar-refractivity contribution in [2.75, 3.05) is 12.4 Å². The van der Waals surface area contributed by atoms with Gasteiger partial charge in [0.25, 0.3) is 11.5 Å². The van der Waals surface area contributed by atoms with Crippen LogP contribution in [-0.2, 0) is 25.7 Å². The second-order valence-corrected chi connectivity index (χ2v) is 13.3. The summed E-state index contributed by atoms with van der Waals surface area (Å²) in [5.74, 6) is 0.417. The van der Waals surface area contributed by atoms with Gasteiger partial charge in [-0.15, -0.1) is 11.7 Å². The molecule has 6 rings (SSSR count). The number of ether oxygens (including phenoxy) is 1. The van der Waals surface area contributed by atoms with Gasteiger partial charge in [0.2, 0.25) is 5.95 Å². The number of nitrogens with one attached hydrogen (secondary N) is 1. The first-order valence-corrected chi connectivity index (χ1v) is 16.9. The number of alkyl halides is 3. The number of anilines is 1. The van der Waals surface area contributed by atoms with E-state index in [1.165, 1.54) is 21.6 Å². The number of aromatic nitrogens is 5. The third-order valence-electron chi connectivity index (χ3n) is 8.90. The maximum Gasteiger partial charge on any atom is 0.417 e. The van der Waals surface area contributed by atoms with Crippen LogP contribution in [0.15, 0.2) is 88.7 Å². The van der Waals surface area contributed by atoms with Crippen molar-refractivity contribution in [2.45, 2.75) is 58.5 Å². The van der Waals surface area contributed by atoms with Gasteiger partial charge in [-0.2, -0.15) is 13.2 Å². The second kappa shape index (κ2) is 14.2. The maximum absolute atomic E-state index is 14.3. The number of hydrogen-bond donors (Lipinski definition) is 1. The van der Waals surface area contributed by atoms with Gasteiger partial charge in [-0.25, -0.2) is 14.2 Å². The first-order valence-electron chi connectivity index (χ1n) is 16.1. The van der Waals surface area contributed by atoms with Gasteiger partial charge in [-0.3, -0.25) is 9.59 Å². The first-order chi connectivity index (χ1) is 24.3. The van der Waals surface area contributed by atoms with Crippen LogP contribution in [0.25, 0.3) is 16.9 Å². The van der Waals surface area contributed by atoms with Crippen LogP contribution < -0.4 is 15.6 Å². The van der Waals surface area contributed by atoms with E-state index in [1.807, 2.05) is 67.1 Å². The van der Waals surface area contributed by atoms with Crippen LogP contribution in [0.2, 0.25) is 0 Å². The fraction of sp³-hybridized carbons (Fsp3) is 0.270. The Morgan fingerprint density at radius 1 is 1.14 bits per heavy atom. The smallest absolute Gasteiger partial charge is 0.417 e. The topological polar surface area (TPSA) is 107 Å². The highest BCUT2D eigenvalue weighted by atomic mass is 79.9. The number of carbonyl (C=O) groups is 1. The monoisotopic (exact) mass is 761 g/mol. The molecule has 14 heteroatoms. The molecule has 3 aromatic carbocycles. The number of amides is 1. The minimum Gasteiger partial charge on any atom is -0.497 e. The zero-order valence-electron chi connectivity index (χ0n) is 28.3. The Labute approximate surface area is 300 Å². The molecule has 3 heterocycles. The van der Waals surface area contributed by atoms with Crippen LogP contribution in [0, 0.1) is 6.92 Å². The summed E-state index contributed by atoms with van der Waals surface area (Å²) >= 11 is 2.93. The average Bonchev–Trinajstić information content (AvgIpc) is 3.47. The van der Waals surface area contributed by atoms with Gasteiger partial charge in [0, 0.05) is 33.2 Å². The van der Waals surface area contributed by atoms with E-state index in [1.54, 1.807) is 20.1 Å². The van der Waals surface area contributed by atoms with E-state index in [0.717, 1.165) is 34.3 Å². The van der Waals surface area contributed by atoms with Gasteiger partial charge >= 0.3 is 6.18 Å². The van der Waals surface area contributed by atoms with Crippen molar-refractivity contribution in [3.63, 3.8) is 0 Å². The minimum atomic E-state index is -4.64. The van der Waals surface area contributed by atoms with Crippen LogP contribution >= 0.6 is 15.9 Å². The van der Waals surface area contributed by atoms with E-state index in [4.69, 9.17) is 9.72 Å². The summed E-state index contributed by atoms with van der Waals surface area (Å²) in [4.78, 5) is 34.1. The molecule has 0 aliphatic carbocycles. The van der Waals surface area contributed by atoms with E-state index in [-0.39, 0.29) is 40.6 Å². The Kier molecular flexibility index (Phi) is 9.89. The Bertz CT molecular complexity index is 2160. The lowest BCUT2D eigenvalue weighted by atomic mass is 9.98. The van der Waals surface area contributed by atoms with Crippen LogP contribution in [-0.4, -0.2) is 54.5 Å². The molecule has 0 saturated heterocycles. The van der Waals surface area contributed by atoms with Crippen molar-refractivity contribution in [3.8, 4) is 22.7 Å². The maximum atomic E-state index is 14.3. The molecule has 1 N–H and O–H groups in total. The lowest BCUT2D eigenvalue weighted by Crippen LogP contribution is -2.46. The normalized spacial score (nSPS) is 14.9. The van der Waals surface area contributed by atoms with E-state index in [9.17, 15) is 22.8 Å². The third-order valence-corrected chi connectivity index (χ3v) is 9.59. The van der Waals surface area contributed by atoms with Crippen molar-refractivity contribution < 1.29 is 22.7 Å². The standard InChI is InChI=1S/C37H35BrF3N7O3/c1-6-21(2)42-36-43-32-20-46(34(49)26-11-16-31(38)30(18-26)37(39,40)41)22(3)17-29(32)35(50)48(36)27-12-9-25(10-13-27)33-23(4)44-45-47(33)19-24-7-14-28(51-5)15-8-24/h6-16,18,21-22H,1,17,19-20H2,2-5H3,(H,42,43)/t21?,22-/m1/s1. The number of halogens is 4. The number of methoxy groups -OCH3 is 1. The van der Waals surface area contributed by atoms with Crippen LogP contribution in [0.5, 0.6) is 5.75 Å². The molecule has 2 aromatic heterocycles. The fourth-order valence-electron chi connectivity index (χ4n) is 6.11. The van der Waals surface area contributed by atoms with Crippen molar-refractivity contribution in [2.24, 2.45) is 0 Å². The zero-order valence-corrected chi connectivity index (χ0v) is 29.9. The summed E-state index contributed by atoms with van der Waals surface area (Å²) in [6.07, 6.45) is -2.81. The number of benzene rings is 3. The molecule has 1 unspecified atom stereocenters. The summed E-state index contributed by atoms with van der Waals surface area (Å²) in [5.41, 5.74) is 3.46. The predicted octanol–water partition coefficient (Wildman–Crippen LogP) is 7.21. The van der Waals surface area contributed by atoms with Crippen LogP contribution in [0.4, 0.5) is 19.1 Å². The molecule has 0 fully saturated rings. The molecule has 1 aliphatic heterocycles. The fourth-order valence-corrected chi connectivity index (χ4v) is 6.58. The third kappa shape index (κ3) is 7.18. The highest BCUT2D eigenvalue weighted by molar-refractivity contribution is 9.10. The average molecular weight is 763 g/mol. The molecule has 5 aromatic rings. The van der Waals surface area contributed by atoms with Crippen molar-refractivity contribution >= 4 is 27.8 Å². The van der Waals surface area contributed by atoms with Gasteiger partial charge in [0.15, 0.2) is 0 Å². The summed E-state index contributed by atoms with van der Waals surface area (Å²) in [7, 11) is 1.62. The molecule has 2 atom stereocenters. The number of aryl methyl sites for hydroxylation is 1. The van der Waals surface area contributed by atoms with Gasteiger partial charge in [-0.05, 0) is 75.2 Å². The molecule has 0 radical (unpaired) electrons. The number of fused-ring (bicyclic) bond motifs is 1. The minimum absolute atomic E-state index is 0.0522. The van der Waals surface area contributed by atoms with Gasteiger partial charge in [-0.1, -0.05) is 51.5 Å². The van der Waals surface area contributed by atoms with Gasteiger partial charge in [0.1, 0.15) is 5.75 Å². The number of hydrogen-bond acceptors (Lipinski definition) is 7. The van der Waals surface area contributed by atoms with E-state index >= 15 is 0 Å². The molecule has 10 nitrogen and oxygen atoms in total. The van der Waals surface area contributed by atoms with Crippen LogP contribution in [0.3, 0.4) is 0 Å². The molecule has 1 amide bonds. The highest BCUT2D eigenvalue weighted by Gasteiger charge is 2.36. The molecular weight excluding hydrogens is 727 g/mol. The molecule has 264 valence electrons. The molecular formula is C37H35BrF3N7O3. The predicted molar refractivity (Wildman–Crippen MR) is 191 cm³/mol. The Balaban J connectivity index is 1.34. The Morgan fingerprint density at radius 2 is 1.84 bits per heavy atom. The lowest BCUT2D eigenvalue weighted by Gasteiger charge is -2.35. The molecule has 1 aliphatic rings. The van der Waals surface area contributed by atoms with Crippen molar-refractivity contribution in [1.29, 1.82) is 0 Å². The summed E-state index contributed by atoms with van der Waals surface area (Å²) in [6, 6.07) is 17.8. The zero-order chi connectivity index (χ0) is 36.6. The number of carbonyl (C=O) groups excluding carboxylic acids is 1. The Morgan fingerprint density at radius 3 is 2.49 bits per heavy atom. The first kappa shape index (κ1) is 35.6. The van der Waals surface area contributed by atoms with Crippen molar-refractivity contribution in [3.05, 3.63) is 128 Å². The summed E-state index contributed by atoms with van der Waals surface area (Å²) < 4.78 is 49.3. The lowest BCUT2D eigenvalue weighted by molar-refractivity contribution is -0.138. The van der Waals surface area contributed by atoms with E-state index < -0.39 is 23.7 Å². The van der Waals surface area contributed by atoms with E-state index in [0.29, 0.717) is 23.5 Å². The second-order valence-electron chi connectivity index (χ2n) is 12.4. The number of nitrogens with zero attached hydrogens (tertiary/aromatic N) is 6. The molecule has 51 heavy (non-hydrogen) atoms. The highest BCUT2D eigenvalue weighted by Crippen LogP contribution is 2.36. The van der Waals surface area contributed by atoms with Gasteiger partial charge in [0.05, 0.1) is 48.5 Å². The van der Waals surface area contributed by atoms with E-state index in [2.05, 4.69) is 38.1 Å². The SMILES string of the molecule is C=CC(C)Nc1nc2c(c(=O)n1-c1ccc(-c3c(C)nnn3Cc3ccc(OC)cc3)cc1)C[C@@H](C)N(C(=O)c1ccc(Br)c(C(F)(F)F)c1)C2. The summed E-state index contributed by atoms with van der Waals surface area (Å²) in [6.45, 7) is 9.79. The molecule has 0 spiro atoms. The Hall–Kier alpha value is -5.24. The van der Waals surface area contributed by atoms with Crippen molar-refractivity contribution in [1.82, 2.24) is 29.4 Å². The molecule has 0 bridgehead atoms.